The van der Waals surface area contributed by atoms with Gasteiger partial charge in [0, 0.05) is 36.6 Å². The number of benzene rings is 2. The molecule has 28 heavy (non-hydrogen) atoms. The fourth-order valence-electron chi connectivity index (χ4n) is 3.99. The van der Waals surface area contributed by atoms with Crippen LogP contribution in [0.15, 0.2) is 54.6 Å². The zero-order valence-corrected chi connectivity index (χ0v) is 16.1. The summed E-state index contributed by atoms with van der Waals surface area (Å²) in [6.45, 7) is 3.07. The molecule has 0 aliphatic carbocycles. The highest BCUT2D eigenvalue weighted by Gasteiger charge is 2.24. The van der Waals surface area contributed by atoms with Gasteiger partial charge in [-0.25, -0.2) is 0 Å². The molecule has 1 aliphatic rings. The minimum absolute atomic E-state index is 0.0513. The van der Waals surface area contributed by atoms with Crippen LogP contribution in [-0.4, -0.2) is 34.8 Å². The SMILES string of the molecule is CC(=O)Nc1ccc2[nH]c(C(=O)N3CCC(Cc4ccccc4)CC3)cc2c1. The standard InChI is InChI=1S/C23H25N3O2/c1-16(27)24-20-7-8-21-19(14-20)15-22(25-21)23(28)26-11-9-18(10-12-26)13-17-5-3-2-4-6-17/h2-8,14-15,18,25H,9-13H2,1H3,(H,24,27). The van der Waals surface area contributed by atoms with Gasteiger partial charge in [-0.15, -0.1) is 0 Å². The van der Waals surface area contributed by atoms with Crippen molar-refractivity contribution in [3.8, 4) is 0 Å². The molecule has 5 heteroatoms. The predicted octanol–water partition coefficient (Wildman–Crippen LogP) is 4.22. The molecule has 1 aromatic heterocycles. The summed E-state index contributed by atoms with van der Waals surface area (Å²) in [4.78, 5) is 29.3. The Morgan fingerprint density at radius 2 is 1.82 bits per heavy atom. The number of amides is 2. The van der Waals surface area contributed by atoms with Gasteiger partial charge in [-0.1, -0.05) is 30.3 Å². The van der Waals surface area contributed by atoms with Crippen molar-refractivity contribution in [2.75, 3.05) is 18.4 Å². The number of nitrogens with zero attached hydrogens (tertiary/aromatic N) is 1. The van der Waals surface area contributed by atoms with Crippen molar-refractivity contribution in [1.82, 2.24) is 9.88 Å². The zero-order valence-electron chi connectivity index (χ0n) is 16.1. The average Bonchev–Trinajstić information content (AvgIpc) is 3.12. The second kappa shape index (κ2) is 7.89. The molecule has 3 aromatic rings. The van der Waals surface area contributed by atoms with E-state index in [0.29, 0.717) is 11.6 Å². The molecule has 0 radical (unpaired) electrons. The van der Waals surface area contributed by atoms with Crippen LogP contribution in [-0.2, 0) is 11.2 Å². The highest BCUT2D eigenvalue weighted by Crippen LogP contribution is 2.25. The molecule has 144 valence electrons. The van der Waals surface area contributed by atoms with Crippen molar-refractivity contribution in [3.63, 3.8) is 0 Å². The summed E-state index contributed by atoms with van der Waals surface area (Å²) in [6.07, 6.45) is 3.16. The minimum atomic E-state index is -0.107. The fourth-order valence-corrected chi connectivity index (χ4v) is 3.99. The minimum Gasteiger partial charge on any atom is -0.351 e. The first-order chi connectivity index (χ1) is 13.6. The molecule has 0 spiro atoms. The van der Waals surface area contributed by atoms with Crippen LogP contribution in [0.4, 0.5) is 5.69 Å². The number of fused-ring (bicyclic) bond motifs is 1. The van der Waals surface area contributed by atoms with Crippen molar-refractivity contribution in [2.24, 2.45) is 5.92 Å². The number of rotatable bonds is 4. The zero-order chi connectivity index (χ0) is 19.5. The van der Waals surface area contributed by atoms with Gasteiger partial charge in [-0.3, -0.25) is 9.59 Å². The molecule has 0 unspecified atom stereocenters. The smallest absolute Gasteiger partial charge is 0.270 e. The molecular weight excluding hydrogens is 350 g/mol. The molecule has 5 nitrogen and oxygen atoms in total. The van der Waals surface area contributed by atoms with E-state index < -0.39 is 0 Å². The van der Waals surface area contributed by atoms with E-state index in [9.17, 15) is 9.59 Å². The van der Waals surface area contributed by atoms with Crippen molar-refractivity contribution < 1.29 is 9.59 Å². The van der Waals surface area contributed by atoms with Crippen LogP contribution in [0.5, 0.6) is 0 Å². The van der Waals surface area contributed by atoms with E-state index in [2.05, 4.69) is 34.6 Å². The van der Waals surface area contributed by atoms with E-state index in [-0.39, 0.29) is 11.8 Å². The Hall–Kier alpha value is -3.08. The summed E-state index contributed by atoms with van der Waals surface area (Å²) in [5, 5.41) is 3.70. The third-order valence-corrected chi connectivity index (χ3v) is 5.44. The topological polar surface area (TPSA) is 65.2 Å². The molecule has 1 aliphatic heterocycles. The number of carbonyl (C=O) groups excluding carboxylic acids is 2. The van der Waals surface area contributed by atoms with Crippen molar-refractivity contribution in [2.45, 2.75) is 26.2 Å². The van der Waals surface area contributed by atoms with Crippen molar-refractivity contribution in [3.05, 3.63) is 65.9 Å². The van der Waals surface area contributed by atoms with Crippen LogP contribution in [0.2, 0.25) is 0 Å². The third-order valence-electron chi connectivity index (χ3n) is 5.44. The van der Waals surface area contributed by atoms with Crippen LogP contribution in [0.3, 0.4) is 0 Å². The maximum Gasteiger partial charge on any atom is 0.270 e. The average molecular weight is 375 g/mol. The van der Waals surface area contributed by atoms with Gasteiger partial charge in [0.2, 0.25) is 5.91 Å². The summed E-state index contributed by atoms with van der Waals surface area (Å²) in [5.41, 5.74) is 3.62. The summed E-state index contributed by atoms with van der Waals surface area (Å²) < 4.78 is 0. The Kier molecular flexibility index (Phi) is 5.15. The molecule has 2 N–H and O–H groups in total. The molecular formula is C23H25N3O2. The predicted molar refractivity (Wildman–Crippen MR) is 111 cm³/mol. The van der Waals surface area contributed by atoms with Crippen molar-refractivity contribution >= 4 is 28.4 Å². The van der Waals surface area contributed by atoms with E-state index in [1.165, 1.54) is 12.5 Å². The molecule has 2 aromatic carbocycles. The Bertz CT molecular complexity index is 986. The molecule has 1 saturated heterocycles. The van der Waals surface area contributed by atoms with E-state index in [0.717, 1.165) is 48.9 Å². The first kappa shape index (κ1) is 18.3. The number of H-pyrrole nitrogens is 1. The van der Waals surface area contributed by atoms with E-state index >= 15 is 0 Å². The molecule has 0 atom stereocenters. The number of nitrogens with one attached hydrogen (secondary N) is 2. The Balaban J connectivity index is 1.40. The largest absolute Gasteiger partial charge is 0.351 e. The van der Waals surface area contributed by atoms with Gasteiger partial charge in [0.1, 0.15) is 5.69 Å². The molecule has 0 saturated carbocycles. The van der Waals surface area contributed by atoms with Crippen LogP contribution in [0.1, 0.15) is 35.8 Å². The number of hydrogen-bond acceptors (Lipinski definition) is 2. The summed E-state index contributed by atoms with van der Waals surface area (Å²) in [6, 6.07) is 18.1. The van der Waals surface area contributed by atoms with Gasteiger partial charge in [-0.05, 0) is 55.0 Å². The van der Waals surface area contributed by atoms with Gasteiger partial charge in [0.25, 0.3) is 5.91 Å². The number of carbonyl (C=O) groups is 2. The van der Waals surface area contributed by atoms with Crippen LogP contribution < -0.4 is 5.32 Å². The number of aromatic nitrogens is 1. The van der Waals surface area contributed by atoms with Crippen LogP contribution in [0, 0.1) is 5.92 Å². The Labute approximate surface area is 164 Å². The number of hydrogen-bond donors (Lipinski definition) is 2. The van der Waals surface area contributed by atoms with Gasteiger partial charge in [0.15, 0.2) is 0 Å². The lowest BCUT2D eigenvalue weighted by Crippen LogP contribution is -2.39. The van der Waals surface area contributed by atoms with Crippen LogP contribution >= 0.6 is 0 Å². The molecule has 2 heterocycles. The van der Waals surface area contributed by atoms with E-state index in [1.807, 2.05) is 35.2 Å². The highest BCUT2D eigenvalue weighted by molar-refractivity contribution is 5.99. The molecule has 2 amide bonds. The summed E-state index contributed by atoms with van der Waals surface area (Å²) in [7, 11) is 0. The van der Waals surface area contributed by atoms with E-state index in [1.54, 1.807) is 0 Å². The summed E-state index contributed by atoms with van der Waals surface area (Å²) >= 11 is 0. The fraction of sp³-hybridized carbons (Fsp3) is 0.304. The maximum atomic E-state index is 12.9. The normalized spacial score (nSPS) is 15.0. The third kappa shape index (κ3) is 4.09. The Morgan fingerprint density at radius 1 is 1.07 bits per heavy atom. The highest BCUT2D eigenvalue weighted by atomic mass is 16.2. The van der Waals surface area contributed by atoms with E-state index in [4.69, 9.17) is 0 Å². The molecule has 0 bridgehead atoms. The van der Waals surface area contributed by atoms with Crippen LogP contribution in [0.25, 0.3) is 10.9 Å². The van der Waals surface area contributed by atoms with Gasteiger partial charge in [0.05, 0.1) is 0 Å². The molecule has 1 fully saturated rings. The quantitative estimate of drug-likeness (QED) is 0.717. The first-order valence-corrected chi connectivity index (χ1v) is 9.82. The van der Waals surface area contributed by atoms with Gasteiger partial charge >= 0.3 is 0 Å². The monoisotopic (exact) mass is 375 g/mol. The van der Waals surface area contributed by atoms with Crippen molar-refractivity contribution in [1.29, 1.82) is 0 Å². The second-order valence-electron chi connectivity index (χ2n) is 7.59. The lowest BCUT2D eigenvalue weighted by Gasteiger charge is -2.31. The lowest BCUT2D eigenvalue weighted by atomic mass is 9.90. The summed E-state index contributed by atoms with van der Waals surface area (Å²) in [5.74, 6) is 0.578. The number of aromatic amines is 1. The van der Waals surface area contributed by atoms with Gasteiger partial charge < -0.3 is 15.2 Å². The number of likely N-dealkylation sites (tertiary alicyclic amines) is 1. The second-order valence-corrected chi connectivity index (χ2v) is 7.59. The Morgan fingerprint density at radius 3 is 2.54 bits per heavy atom. The first-order valence-electron chi connectivity index (χ1n) is 9.82. The molecule has 4 rings (SSSR count). The number of anilines is 1. The van der Waals surface area contributed by atoms with Gasteiger partial charge in [-0.2, -0.15) is 0 Å². The lowest BCUT2D eigenvalue weighted by molar-refractivity contribution is -0.114. The number of piperidine rings is 1. The maximum absolute atomic E-state index is 12.9.